The Kier molecular flexibility index (Phi) is 4.55. The SMILES string of the molecule is CN(Cc1cccnc1)c1ncc(Br)cc1CCl. The van der Waals surface area contributed by atoms with Gasteiger partial charge in [0.05, 0.1) is 5.88 Å². The van der Waals surface area contributed by atoms with Crippen LogP contribution in [0.2, 0.25) is 0 Å². The van der Waals surface area contributed by atoms with Crippen LogP contribution < -0.4 is 4.90 Å². The monoisotopic (exact) mass is 325 g/mol. The van der Waals surface area contributed by atoms with E-state index in [4.69, 9.17) is 11.6 Å². The van der Waals surface area contributed by atoms with Crippen LogP contribution in [0.1, 0.15) is 11.1 Å². The van der Waals surface area contributed by atoms with Crippen LogP contribution in [0, 0.1) is 0 Å². The minimum Gasteiger partial charge on any atom is -0.355 e. The van der Waals surface area contributed by atoms with Crippen LogP contribution in [0.15, 0.2) is 41.3 Å². The minimum absolute atomic E-state index is 0.444. The van der Waals surface area contributed by atoms with Crippen molar-refractivity contribution in [1.29, 1.82) is 0 Å². The topological polar surface area (TPSA) is 29.0 Å². The molecule has 2 aromatic rings. The first kappa shape index (κ1) is 13.3. The van der Waals surface area contributed by atoms with E-state index in [0.29, 0.717) is 5.88 Å². The molecule has 0 aliphatic carbocycles. The van der Waals surface area contributed by atoms with Crippen molar-refractivity contribution in [2.75, 3.05) is 11.9 Å². The Bertz CT molecular complexity index is 519. The largest absolute Gasteiger partial charge is 0.355 e. The first-order chi connectivity index (χ1) is 8.70. The number of hydrogen-bond donors (Lipinski definition) is 0. The maximum atomic E-state index is 5.95. The van der Waals surface area contributed by atoms with Crippen molar-refractivity contribution in [2.24, 2.45) is 0 Å². The summed E-state index contributed by atoms with van der Waals surface area (Å²) in [4.78, 5) is 10.6. The molecule has 2 rings (SSSR count). The number of aromatic nitrogens is 2. The number of anilines is 1. The molecule has 0 spiro atoms. The van der Waals surface area contributed by atoms with Crippen LogP contribution in [0.3, 0.4) is 0 Å². The summed E-state index contributed by atoms with van der Waals surface area (Å²) >= 11 is 9.35. The molecule has 0 atom stereocenters. The van der Waals surface area contributed by atoms with Crippen molar-refractivity contribution in [3.63, 3.8) is 0 Å². The third-order valence-electron chi connectivity index (χ3n) is 2.56. The van der Waals surface area contributed by atoms with Gasteiger partial charge in [0.15, 0.2) is 0 Å². The molecular weight excluding hydrogens is 314 g/mol. The lowest BCUT2D eigenvalue weighted by Gasteiger charge is -2.20. The molecule has 0 saturated carbocycles. The zero-order chi connectivity index (χ0) is 13.0. The lowest BCUT2D eigenvalue weighted by molar-refractivity contribution is 0.882. The van der Waals surface area contributed by atoms with Crippen LogP contribution in [0.25, 0.3) is 0 Å². The Morgan fingerprint density at radius 3 is 2.89 bits per heavy atom. The van der Waals surface area contributed by atoms with Crippen LogP contribution in [0.5, 0.6) is 0 Å². The van der Waals surface area contributed by atoms with Crippen LogP contribution in [-0.2, 0) is 12.4 Å². The van der Waals surface area contributed by atoms with E-state index in [1.54, 1.807) is 12.4 Å². The summed E-state index contributed by atoms with van der Waals surface area (Å²) < 4.78 is 0.941. The third kappa shape index (κ3) is 3.21. The molecule has 94 valence electrons. The second-order valence-corrected chi connectivity index (χ2v) is 5.17. The van der Waals surface area contributed by atoms with Crippen LogP contribution >= 0.6 is 27.5 Å². The highest BCUT2D eigenvalue weighted by molar-refractivity contribution is 9.10. The van der Waals surface area contributed by atoms with Gasteiger partial charge in [0, 0.05) is 42.2 Å². The Morgan fingerprint density at radius 1 is 1.39 bits per heavy atom. The molecule has 0 N–H and O–H groups in total. The van der Waals surface area contributed by atoms with Crippen molar-refractivity contribution < 1.29 is 0 Å². The maximum Gasteiger partial charge on any atom is 0.133 e. The zero-order valence-corrected chi connectivity index (χ0v) is 12.3. The fraction of sp³-hybridized carbons (Fsp3) is 0.231. The normalized spacial score (nSPS) is 10.4. The molecule has 0 radical (unpaired) electrons. The van der Waals surface area contributed by atoms with Crippen LogP contribution in [-0.4, -0.2) is 17.0 Å². The number of rotatable bonds is 4. The molecule has 0 unspecified atom stereocenters. The van der Waals surface area contributed by atoms with E-state index in [2.05, 4.69) is 30.8 Å². The average Bonchev–Trinajstić information content (AvgIpc) is 2.39. The highest BCUT2D eigenvalue weighted by atomic mass is 79.9. The van der Waals surface area contributed by atoms with E-state index >= 15 is 0 Å². The molecule has 5 heteroatoms. The molecule has 0 bridgehead atoms. The van der Waals surface area contributed by atoms with E-state index in [1.807, 2.05) is 31.4 Å². The van der Waals surface area contributed by atoms with E-state index in [0.717, 1.165) is 28.0 Å². The number of alkyl halides is 1. The smallest absolute Gasteiger partial charge is 0.133 e. The number of hydrogen-bond acceptors (Lipinski definition) is 3. The Hall–Kier alpha value is -1.13. The predicted octanol–water partition coefficient (Wildman–Crippen LogP) is 3.61. The van der Waals surface area contributed by atoms with Crippen molar-refractivity contribution in [3.05, 3.63) is 52.4 Å². The second-order valence-electron chi connectivity index (χ2n) is 3.99. The Balaban J connectivity index is 2.21. The van der Waals surface area contributed by atoms with E-state index in [1.165, 1.54) is 0 Å². The summed E-state index contributed by atoms with van der Waals surface area (Å²) in [5.74, 6) is 1.34. The number of pyridine rings is 2. The summed E-state index contributed by atoms with van der Waals surface area (Å²) in [6, 6.07) is 5.97. The van der Waals surface area contributed by atoms with E-state index in [-0.39, 0.29) is 0 Å². The van der Waals surface area contributed by atoms with Gasteiger partial charge in [0.2, 0.25) is 0 Å². The van der Waals surface area contributed by atoms with Gasteiger partial charge < -0.3 is 4.90 Å². The van der Waals surface area contributed by atoms with Crippen LogP contribution in [0.4, 0.5) is 5.82 Å². The first-order valence-electron chi connectivity index (χ1n) is 5.51. The van der Waals surface area contributed by atoms with Gasteiger partial charge in [-0.3, -0.25) is 4.98 Å². The summed E-state index contributed by atoms with van der Waals surface area (Å²) in [7, 11) is 2.00. The fourth-order valence-corrected chi connectivity index (χ4v) is 2.33. The third-order valence-corrected chi connectivity index (χ3v) is 3.28. The highest BCUT2D eigenvalue weighted by Crippen LogP contribution is 2.23. The van der Waals surface area contributed by atoms with Gasteiger partial charge in [-0.1, -0.05) is 6.07 Å². The number of nitrogens with zero attached hydrogens (tertiary/aromatic N) is 3. The zero-order valence-electron chi connectivity index (χ0n) is 9.98. The quantitative estimate of drug-likeness (QED) is 0.804. The first-order valence-corrected chi connectivity index (χ1v) is 6.84. The molecule has 0 aliphatic heterocycles. The van der Waals surface area contributed by atoms with Gasteiger partial charge in [-0.15, -0.1) is 11.6 Å². The maximum absolute atomic E-state index is 5.95. The fourth-order valence-electron chi connectivity index (χ4n) is 1.76. The molecule has 0 aromatic carbocycles. The van der Waals surface area contributed by atoms with Gasteiger partial charge in [-0.05, 0) is 33.6 Å². The second kappa shape index (κ2) is 6.16. The Morgan fingerprint density at radius 2 is 2.22 bits per heavy atom. The van der Waals surface area contributed by atoms with Gasteiger partial charge in [-0.25, -0.2) is 4.98 Å². The highest BCUT2D eigenvalue weighted by Gasteiger charge is 2.09. The molecule has 0 amide bonds. The van der Waals surface area contributed by atoms with Gasteiger partial charge in [0.25, 0.3) is 0 Å². The lowest BCUT2D eigenvalue weighted by Crippen LogP contribution is -2.19. The van der Waals surface area contributed by atoms with E-state index < -0.39 is 0 Å². The average molecular weight is 327 g/mol. The van der Waals surface area contributed by atoms with Gasteiger partial charge in [-0.2, -0.15) is 0 Å². The summed E-state index contributed by atoms with van der Waals surface area (Å²) in [6.45, 7) is 0.756. The summed E-state index contributed by atoms with van der Waals surface area (Å²) in [5.41, 5.74) is 2.16. The molecule has 0 aliphatic rings. The lowest BCUT2D eigenvalue weighted by atomic mass is 10.2. The predicted molar refractivity (Wildman–Crippen MR) is 77.8 cm³/mol. The standard InChI is InChI=1S/C13H13BrClN3/c1-18(9-10-3-2-4-16-7-10)13-11(6-15)5-12(14)8-17-13/h2-5,7-8H,6,9H2,1H3. The van der Waals surface area contributed by atoms with Gasteiger partial charge in [0.1, 0.15) is 5.82 Å². The number of halogens is 2. The summed E-state index contributed by atoms with van der Waals surface area (Å²) in [6.07, 6.45) is 5.41. The molecule has 0 saturated heterocycles. The van der Waals surface area contributed by atoms with Gasteiger partial charge >= 0.3 is 0 Å². The molecule has 2 heterocycles. The molecule has 0 fully saturated rings. The molecule has 3 nitrogen and oxygen atoms in total. The van der Waals surface area contributed by atoms with E-state index in [9.17, 15) is 0 Å². The van der Waals surface area contributed by atoms with Crippen molar-refractivity contribution >= 4 is 33.3 Å². The molecule has 18 heavy (non-hydrogen) atoms. The van der Waals surface area contributed by atoms with Crippen molar-refractivity contribution in [2.45, 2.75) is 12.4 Å². The van der Waals surface area contributed by atoms with Crippen molar-refractivity contribution in [3.8, 4) is 0 Å². The Labute approximate surface area is 120 Å². The molecule has 2 aromatic heterocycles. The van der Waals surface area contributed by atoms with Crippen molar-refractivity contribution in [1.82, 2.24) is 9.97 Å². The minimum atomic E-state index is 0.444. The summed E-state index contributed by atoms with van der Waals surface area (Å²) in [5, 5.41) is 0. The molecular formula is C13H13BrClN3.